The second-order valence-corrected chi connectivity index (χ2v) is 1.85. The van der Waals surface area contributed by atoms with E-state index in [9.17, 15) is 0 Å². The first kappa shape index (κ1) is 5.36. The Morgan fingerprint density at radius 3 is 2.75 bits per heavy atom. The highest BCUT2D eigenvalue weighted by atomic mass is 13.9. The molecule has 8 heavy (non-hydrogen) atoms. The van der Waals surface area contributed by atoms with Crippen molar-refractivity contribution in [3.63, 3.8) is 0 Å². The zero-order chi connectivity index (χ0) is 5.82. The fourth-order valence-corrected chi connectivity index (χ4v) is 0.744. The average molecular weight is 106 g/mol. The summed E-state index contributed by atoms with van der Waals surface area (Å²) in [7, 11) is 0. The van der Waals surface area contributed by atoms with Crippen LogP contribution in [0.3, 0.4) is 0 Å². The summed E-state index contributed by atoms with van der Waals surface area (Å²) in [6, 6.07) is 0. The molecule has 0 nitrogen and oxygen atoms in total. The van der Waals surface area contributed by atoms with Crippen molar-refractivity contribution < 1.29 is 0 Å². The maximum atomic E-state index is 2.16. The van der Waals surface area contributed by atoms with Crippen LogP contribution in [0.5, 0.6) is 0 Å². The van der Waals surface area contributed by atoms with Crippen molar-refractivity contribution in [1.82, 2.24) is 0 Å². The molecule has 0 N–H and O–H groups in total. The first-order valence-corrected chi connectivity index (χ1v) is 2.92. The van der Waals surface area contributed by atoms with Gasteiger partial charge in [-0.15, -0.1) is 0 Å². The first-order valence-electron chi connectivity index (χ1n) is 2.92. The number of hydrogen-bond donors (Lipinski definition) is 0. The zero-order valence-electron chi connectivity index (χ0n) is 5.09. The van der Waals surface area contributed by atoms with Crippen molar-refractivity contribution >= 4 is 0 Å². The molecule has 0 saturated heterocycles. The highest BCUT2D eigenvalue weighted by molar-refractivity contribution is 5.28. The van der Waals surface area contributed by atoms with E-state index in [1.165, 1.54) is 5.57 Å². The van der Waals surface area contributed by atoms with Crippen molar-refractivity contribution in [1.29, 1.82) is 0 Å². The van der Waals surface area contributed by atoms with Gasteiger partial charge in [0.2, 0.25) is 0 Å². The van der Waals surface area contributed by atoms with Gasteiger partial charge in [0.1, 0.15) is 0 Å². The van der Waals surface area contributed by atoms with Gasteiger partial charge in [0.15, 0.2) is 0 Å². The molecule has 0 spiro atoms. The maximum Gasteiger partial charge on any atom is -0.00976 e. The molecule has 0 heteroatoms. The number of rotatable bonds is 0. The van der Waals surface area contributed by atoms with E-state index in [1.54, 1.807) is 0 Å². The highest BCUT2D eigenvalue weighted by Crippen LogP contribution is 2.08. The standard InChI is InChI=1S/C8H10/c1-2-8-6-4-3-5-7-8/h2-6H,7H2,1H3/b8-2-. The predicted molar refractivity (Wildman–Crippen MR) is 36.7 cm³/mol. The lowest BCUT2D eigenvalue weighted by Crippen LogP contribution is -1.77. The third-order valence-corrected chi connectivity index (χ3v) is 1.28. The van der Waals surface area contributed by atoms with E-state index in [-0.39, 0.29) is 0 Å². The summed E-state index contributed by atoms with van der Waals surface area (Å²) in [5, 5.41) is 0. The van der Waals surface area contributed by atoms with Crippen LogP contribution in [0, 0.1) is 0 Å². The average Bonchev–Trinajstić information content (AvgIpc) is 1.90. The summed E-state index contributed by atoms with van der Waals surface area (Å²) in [4.78, 5) is 0. The van der Waals surface area contributed by atoms with Crippen LogP contribution < -0.4 is 0 Å². The van der Waals surface area contributed by atoms with Gasteiger partial charge in [-0.05, 0) is 18.9 Å². The Bertz CT molecular complexity index is 147. The molecule has 0 aromatic heterocycles. The summed E-state index contributed by atoms with van der Waals surface area (Å²) in [5.41, 5.74) is 1.41. The normalized spacial score (nSPS) is 22.4. The summed E-state index contributed by atoms with van der Waals surface area (Å²) >= 11 is 0. The Hall–Kier alpha value is -0.780. The number of allylic oxidation sites excluding steroid dienone is 6. The number of hydrogen-bond acceptors (Lipinski definition) is 0. The van der Waals surface area contributed by atoms with Gasteiger partial charge in [0.25, 0.3) is 0 Å². The summed E-state index contributed by atoms with van der Waals surface area (Å²) < 4.78 is 0. The van der Waals surface area contributed by atoms with Crippen LogP contribution in [0.1, 0.15) is 13.3 Å². The van der Waals surface area contributed by atoms with Crippen LogP contribution >= 0.6 is 0 Å². The van der Waals surface area contributed by atoms with Gasteiger partial charge >= 0.3 is 0 Å². The molecular weight excluding hydrogens is 96.1 g/mol. The Kier molecular flexibility index (Phi) is 1.68. The van der Waals surface area contributed by atoms with Gasteiger partial charge in [0.05, 0.1) is 0 Å². The molecule has 0 atom stereocenters. The van der Waals surface area contributed by atoms with Gasteiger partial charge in [-0.2, -0.15) is 0 Å². The molecule has 0 amide bonds. The third kappa shape index (κ3) is 1.09. The molecule has 0 bridgehead atoms. The third-order valence-electron chi connectivity index (χ3n) is 1.28. The first-order chi connectivity index (χ1) is 3.93. The fourth-order valence-electron chi connectivity index (χ4n) is 0.744. The van der Waals surface area contributed by atoms with Crippen LogP contribution in [0.25, 0.3) is 0 Å². The van der Waals surface area contributed by atoms with E-state index in [1.807, 2.05) is 0 Å². The van der Waals surface area contributed by atoms with E-state index in [0.717, 1.165) is 6.42 Å². The molecule has 1 aliphatic rings. The van der Waals surface area contributed by atoms with Crippen LogP contribution in [0.4, 0.5) is 0 Å². The molecule has 0 heterocycles. The Balaban J connectivity index is 2.66. The SMILES string of the molecule is C/C=C1/C=CC=CC1. The van der Waals surface area contributed by atoms with Crippen LogP contribution in [-0.2, 0) is 0 Å². The summed E-state index contributed by atoms with van der Waals surface area (Å²) in [6.45, 7) is 2.07. The molecule has 0 unspecified atom stereocenters. The van der Waals surface area contributed by atoms with Gasteiger partial charge in [-0.1, -0.05) is 30.4 Å². The second-order valence-electron chi connectivity index (χ2n) is 1.85. The highest BCUT2D eigenvalue weighted by Gasteiger charge is 1.87. The van der Waals surface area contributed by atoms with Crippen LogP contribution in [-0.4, -0.2) is 0 Å². The lowest BCUT2D eigenvalue weighted by atomic mass is 10.1. The monoisotopic (exact) mass is 106 g/mol. The van der Waals surface area contributed by atoms with Gasteiger partial charge in [0, 0.05) is 0 Å². The molecule has 0 aromatic rings. The van der Waals surface area contributed by atoms with E-state index in [2.05, 4.69) is 37.3 Å². The Morgan fingerprint density at radius 1 is 1.50 bits per heavy atom. The summed E-state index contributed by atoms with van der Waals surface area (Å²) in [6.07, 6.45) is 11.7. The van der Waals surface area contributed by atoms with E-state index >= 15 is 0 Å². The van der Waals surface area contributed by atoms with E-state index < -0.39 is 0 Å². The largest absolute Gasteiger partial charge is 0.0841 e. The molecule has 0 fully saturated rings. The minimum Gasteiger partial charge on any atom is -0.0841 e. The van der Waals surface area contributed by atoms with Crippen molar-refractivity contribution in [3.05, 3.63) is 36.0 Å². The molecule has 42 valence electrons. The zero-order valence-corrected chi connectivity index (χ0v) is 5.09. The van der Waals surface area contributed by atoms with Crippen molar-refractivity contribution in [3.8, 4) is 0 Å². The molecule has 0 aliphatic heterocycles. The van der Waals surface area contributed by atoms with E-state index in [4.69, 9.17) is 0 Å². The molecule has 0 aromatic carbocycles. The minimum atomic E-state index is 1.10. The topological polar surface area (TPSA) is 0 Å². The smallest absolute Gasteiger partial charge is 0.00976 e. The van der Waals surface area contributed by atoms with Crippen molar-refractivity contribution in [2.45, 2.75) is 13.3 Å². The predicted octanol–water partition coefficient (Wildman–Crippen LogP) is 2.45. The molecular formula is C8H10. The lowest BCUT2D eigenvalue weighted by molar-refractivity contribution is 1.25. The molecule has 0 saturated carbocycles. The van der Waals surface area contributed by atoms with Crippen LogP contribution in [0.2, 0.25) is 0 Å². The van der Waals surface area contributed by atoms with Gasteiger partial charge in [-0.25, -0.2) is 0 Å². The Morgan fingerprint density at radius 2 is 2.38 bits per heavy atom. The second kappa shape index (κ2) is 2.51. The molecule has 0 radical (unpaired) electrons. The van der Waals surface area contributed by atoms with Gasteiger partial charge < -0.3 is 0 Å². The van der Waals surface area contributed by atoms with E-state index in [0.29, 0.717) is 0 Å². The maximum absolute atomic E-state index is 2.16. The molecule has 1 aliphatic carbocycles. The van der Waals surface area contributed by atoms with Crippen molar-refractivity contribution in [2.75, 3.05) is 0 Å². The Labute approximate surface area is 50.2 Å². The minimum absolute atomic E-state index is 1.10. The van der Waals surface area contributed by atoms with Crippen LogP contribution in [0.15, 0.2) is 36.0 Å². The van der Waals surface area contributed by atoms with Crippen molar-refractivity contribution in [2.24, 2.45) is 0 Å². The summed E-state index contributed by atoms with van der Waals surface area (Å²) in [5.74, 6) is 0. The quantitative estimate of drug-likeness (QED) is 0.445. The van der Waals surface area contributed by atoms with Gasteiger partial charge in [-0.3, -0.25) is 0 Å². The fraction of sp³-hybridized carbons (Fsp3) is 0.250. The lowest BCUT2D eigenvalue weighted by Gasteiger charge is -1.97. The molecule has 1 rings (SSSR count).